The van der Waals surface area contributed by atoms with Crippen LogP contribution >= 0.6 is 0 Å². The van der Waals surface area contributed by atoms with Crippen LogP contribution in [-0.4, -0.2) is 78.9 Å². The highest BCUT2D eigenvalue weighted by atomic mass is 16.5. The topological polar surface area (TPSA) is 177 Å². The minimum atomic E-state index is -1.21. The zero-order valence-electron chi connectivity index (χ0n) is 24.3. The van der Waals surface area contributed by atoms with E-state index in [0.29, 0.717) is 25.0 Å². The lowest BCUT2D eigenvalue weighted by molar-refractivity contribution is -0.138. The standard InChI is InChI=1S/C29H42N6O7/c1-17-13-18-5-3-6-19(14-18)25(17)34-24(37)15-35-11-4-7-21(29(35)41)33-26(38)20(8-9-23(36)28(40)30-2)32-27(39)22-16-42-12-10-31-22/h4,7,11,17-20,22,25,31H,3,5-6,8-10,12-16H2,1-2H3,(H,30,40)(H,32,39)(H,33,38)(H,34,37). The molecule has 0 aromatic carbocycles. The van der Waals surface area contributed by atoms with Crippen LogP contribution in [0.5, 0.6) is 0 Å². The van der Waals surface area contributed by atoms with Crippen LogP contribution in [0.25, 0.3) is 0 Å². The Labute approximate surface area is 244 Å². The van der Waals surface area contributed by atoms with Gasteiger partial charge in [-0.25, -0.2) is 0 Å². The van der Waals surface area contributed by atoms with Gasteiger partial charge in [0.05, 0.1) is 13.2 Å². The van der Waals surface area contributed by atoms with Gasteiger partial charge in [0.15, 0.2) is 0 Å². The summed E-state index contributed by atoms with van der Waals surface area (Å²) in [6.45, 7) is 3.00. The Bertz CT molecular complexity index is 1230. The Balaban J connectivity index is 1.41. The molecule has 3 aliphatic rings. The summed E-state index contributed by atoms with van der Waals surface area (Å²) in [5, 5.41) is 13.5. The van der Waals surface area contributed by atoms with Crippen molar-refractivity contribution in [2.45, 2.75) is 76.5 Å². The number of morpholine rings is 1. The monoisotopic (exact) mass is 586 g/mol. The summed E-state index contributed by atoms with van der Waals surface area (Å²) in [5.41, 5.74) is -0.656. The number of amides is 4. The Morgan fingerprint density at radius 1 is 1.17 bits per heavy atom. The minimum absolute atomic E-state index is 0.0764. The lowest BCUT2D eigenvalue weighted by Gasteiger charge is -2.44. The number of fused-ring (bicyclic) bond motifs is 2. The molecular formula is C29H42N6O7. The Morgan fingerprint density at radius 3 is 2.71 bits per heavy atom. The maximum Gasteiger partial charge on any atom is 0.287 e. The van der Waals surface area contributed by atoms with Crippen LogP contribution in [0.1, 0.15) is 51.9 Å². The number of anilines is 1. The molecule has 13 heteroatoms. The van der Waals surface area contributed by atoms with E-state index in [0.717, 1.165) is 25.2 Å². The summed E-state index contributed by atoms with van der Waals surface area (Å²) in [5.74, 6) is -1.49. The average molecular weight is 587 g/mol. The fourth-order valence-electron chi connectivity index (χ4n) is 6.44. The van der Waals surface area contributed by atoms with Gasteiger partial charge < -0.3 is 35.9 Å². The first kappa shape index (κ1) is 31.4. The van der Waals surface area contributed by atoms with Crippen LogP contribution in [0.2, 0.25) is 0 Å². The van der Waals surface area contributed by atoms with Crippen LogP contribution in [0.4, 0.5) is 5.69 Å². The summed E-state index contributed by atoms with van der Waals surface area (Å²) < 4.78 is 6.54. The third-order valence-corrected chi connectivity index (χ3v) is 8.58. The Morgan fingerprint density at radius 2 is 1.98 bits per heavy atom. The average Bonchev–Trinajstić information content (AvgIpc) is 2.99. The van der Waals surface area contributed by atoms with Crippen LogP contribution in [-0.2, 0) is 35.3 Å². The number of aromatic nitrogens is 1. The van der Waals surface area contributed by atoms with E-state index in [1.54, 1.807) is 6.07 Å². The van der Waals surface area contributed by atoms with Crippen molar-refractivity contribution in [3.63, 3.8) is 0 Å². The predicted molar refractivity (Wildman–Crippen MR) is 153 cm³/mol. The number of ether oxygens (including phenoxy) is 1. The summed E-state index contributed by atoms with van der Waals surface area (Å²) in [6.07, 6.45) is 6.79. The molecule has 6 atom stereocenters. The second kappa shape index (κ2) is 14.5. The zero-order valence-corrected chi connectivity index (χ0v) is 24.3. The minimum Gasteiger partial charge on any atom is -0.378 e. The number of nitrogens with zero attached hydrogens (tertiary/aromatic N) is 1. The van der Waals surface area contributed by atoms with Crippen LogP contribution in [0, 0.1) is 17.8 Å². The third-order valence-electron chi connectivity index (χ3n) is 8.58. The van der Waals surface area contributed by atoms with Gasteiger partial charge in [-0.1, -0.05) is 19.8 Å². The molecule has 13 nitrogen and oxygen atoms in total. The number of pyridine rings is 1. The van der Waals surface area contributed by atoms with Crippen molar-refractivity contribution < 1.29 is 28.7 Å². The zero-order chi connectivity index (χ0) is 30.2. The maximum absolute atomic E-state index is 13.3. The normalized spacial score (nSPS) is 25.9. The van der Waals surface area contributed by atoms with E-state index in [1.807, 2.05) is 0 Å². The van der Waals surface area contributed by atoms with E-state index in [1.165, 1.54) is 36.7 Å². The van der Waals surface area contributed by atoms with E-state index >= 15 is 0 Å². The van der Waals surface area contributed by atoms with Crippen LogP contribution < -0.4 is 32.1 Å². The van der Waals surface area contributed by atoms with Gasteiger partial charge in [0, 0.05) is 32.3 Å². The summed E-state index contributed by atoms with van der Waals surface area (Å²) in [4.78, 5) is 76.0. The number of Topliss-reactive ketones (excluding diaryl/α,β-unsaturated/α-hetero) is 1. The molecule has 6 unspecified atom stereocenters. The van der Waals surface area contributed by atoms with Gasteiger partial charge in [0.25, 0.3) is 11.5 Å². The van der Waals surface area contributed by atoms with Gasteiger partial charge in [0.2, 0.25) is 23.5 Å². The highest BCUT2D eigenvalue weighted by Gasteiger charge is 2.38. The number of ketones is 1. The Hall–Kier alpha value is -3.58. The molecule has 0 radical (unpaired) electrons. The van der Waals surface area contributed by atoms with Gasteiger partial charge in [-0.05, 0) is 55.6 Å². The lowest BCUT2D eigenvalue weighted by Crippen LogP contribution is -2.55. The highest BCUT2D eigenvalue weighted by molar-refractivity contribution is 6.36. The quantitative estimate of drug-likeness (QED) is 0.219. The first-order valence-corrected chi connectivity index (χ1v) is 14.8. The third kappa shape index (κ3) is 8.03. The van der Waals surface area contributed by atoms with E-state index < -0.39 is 41.1 Å². The molecule has 42 heavy (non-hydrogen) atoms. The van der Waals surface area contributed by atoms with Crippen molar-refractivity contribution in [2.24, 2.45) is 17.8 Å². The summed E-state index contributed by atoms with van der Waals surface area (Å²) in [7, 11) is 1.32. The summed E-state index contributed by atoms with van der Waals surface area (Å²) >= 11 is 0. The predicted octanol–water partition coefficient (Wildman–Crippen LogP) is -0.314. The molecule has 1 aliphatic heterocycles. The molecular weight excluding hydrogens is 544 g/mol. The highest BCUT2D eigenvalue weighted by Crippen LogP contribution is 2.42. The molecule has 1 aromatic rings. The van der Waals surface area contributed by atoms with Crippen molar-refractivity contribution in [2.75, 3.05) is 32.1 Å². The van der Waals surface area contributed by atoms with Gasteiger partial charge >= 0.3 is 0 Å². The van der Waals surface area contributed by atoms with Gasteiger partial charge in [-0.15, -0.1) is 0 Å². The van der Waals surface area contributed by atoms with E-state index in [-0.39, 0.29) is 43.6 Å². The van der Waals surface area contributed by atoms with Crippen molar-refractivity contribution in [3.05, 3.63) is 28.7 Å². The molecule has 4 amide bonds. The molecule has 4 rings (SSSR count). The first-order chi connectivity index (χ1) is 20.2. The van der Waals surface area contributed by atoms with E-state index in [9.17, 15) is 28.8 Å². The molecule has 1 saturated heterocycles. The second-order valence-electron chi connectivity index (χ2n) is 11.6. The second-order valence-corrected chi connectivity index (χ2v) is 11.6. The van der Waals surface area contributed by atoms with Crippen molar-refractivity contribution in [1.82, 2.24) is 25.8 Å². The number of hydrogen-bond donors (Lipinski definition) is 5. The SMILES string of the molecule is CNC(=O)C(=O)CCC(NC(=O)C1COCCN1)C(=O)Nc1cccn(CC(=O)NC2C(C)CC3CCCC2C3)c1=O. The van der Waals surface area contributed by atoms with E-state index in [2.05, 4.69) is 33.5 Å². The van der Waals surface area contributed by atoms with Crippen molar-refractivity contribution in [3.8, 4) is 0 Å². The maximum atomic E-state index is 13.3. The smallest absolute Gasteiger partial charge is 0.287 e. The number of hydrogen-bond acceptors (Lipinski definition) is 8. The van der Waals surface area contributed by atoms with Crippen molar-refractivity contribution in [1.29, 1.82) is 0 Å². The summed E-state index contributed by atoms with van der Waals surface area (Å²) in [6, 6.07) is 1.13. The van der Waals surface area contributed by atoms with Gasteiger partial charge in [0.1, 0.15) is 24.3 Å². The molecule has 1 aromatic heterocycles. The number of carbonyl (C=O) groups excluding carboxylic acids is 5. The first-order valence-electron chi connectivity index (χ1n) is 14.8. The molecule has 2 bridgehead atoms. The van der Waals surface area contributed by atoms with Crippen LogP contribution in [0.3, 0.4) is 0 Å². The fourth-order valence-corrected chi connectivity index (χ4v) is 6.44. The van der Waals surface area contributed by atoms with Gasteiger partial charge in [-0.3, -0.25) is 28.8 Å². The molecule has 2 aliphatic carbocycles. The van der Waals surface area contributed by atoms with E-state index in [4.69, 9.17) is 4.74 Å². The molecule has 0 spiro atoms. The fraction of sp³-hybridized carbons (Fsp3) is 0.655. The molecule has 5 N–H and O–H groups in total. The Kier molecular flexibility index (Phi) is 10.9. The molecule has 230 valence electrons. The lowest BCUT2D eigenvalue weighted by atomic mass is 9.65. The van der Waals surface area contributed by atoms with Crippen molar-refractivity contribution >= 4 is 35.1 Å². The largest absolute Gasteiger partial charge is 0.378 e. The molecule has 2 saturated carbocycles. The van der Waals surface area contributed by atoms with Gasteiger partial charge in [-0.2, -0.15) is 0 Å². The number of likely N-dealkylation sites (N-methyl/N-ethyl adjacent to an activating group) is 1. The number of nitrogens with one attached hydrogen (secondary N) is 5. The van der Waals surface area contributed by atoms with Crippen LogP contribution in [0.15, 0.2) is 23.1 Å². The number of carbonyl (C=O) groups is 5. The molecule has 2 heterocycles. The number of rotatable bonds is 11. The molecule has 3 fully saturated rings.